The molecule has 6 N–H and O–H groups in total. The van der Waals surface area contributed by atoms with Gasteiger partial charge in [0.25, 0.3) is 0 Å². The summed E-state index contributed by atoms with van der Waals surface area (Å²) in [6.45, 7) is 2.14. The molecule has 126 valence electrons. The lowest BCUT2D eigenvalue weighted by Gasteiger charge is -2.18. The summed E-state index contributed by atoms with van der Waals surface area (Å²) in [5.41, 5.74) is 0.652. The van der Waals surface area contributed by atoms with Crippen LogP contribution in [0.5, 0.6) is 5.75 Å². The summed E-state index contributed by atoms with van der Waals surface area (Å²) >= 11 is 0. The first-order valence-corrected chi connectivity index (χ1v) is 9.28. The average Bonchev–Trinajstić information content (AvgIpc) is 2.36. The monoisotopic (exact) mass is 356 g/mol. The third-order valence-electron chi connectivity index (χ3n) is 2.90. The van der Waals surface area contributed by atoms with E-state index in [1.165, 1.54) is 20.0 Å². The first-order valence-electron chi connectivity index (χ1n) is 6.07. The molecular weight excluding hydrogens is 338 g/mol. The highest BCUT2D eigenvalue weighted by Crippen LogP contribution is 2.40. The van der Waals surface area contributed by atoms with E-state index in [1.54, 1.807) is 0 Å². The van der Waals surface area contributed by atoms with E-state index in [-0.39, 0.29) is 29.1 Å². The number of rotatable bonds is 7. The fourth-order valence-corrected chi connectivity index (χ4v) is 2.16. The molecule has 10 nitrogen and oxygen atoms in total. The van der Waals surface area contributed by atoms with Crippen LogP contribution in [0.15, 0.2) is 6.20 Å². The lowest BCUT2D eigenvalue weighted by molar-refractivity contribution is 0.188. The van der Waals surface area contributed by atoms with Gasteiger partial charge in [-0.25, -0.2) is 4.57 Å². The smallest absolute Gasteiger partial charge is 0.469 e. The van der Waals surface area contributed by atoms with Crippen molar-refractivity contribution in [3.63, 3.8) is 0 Å². The van der Waals surface area contributed by atoms with Crippen molar-refractivity contribution >= 4 is 15.4 Å². The fraction of sp³-hybridized carbons (Fsp3) is 0.500. The molecule has 0 aliphatic rings. The molecule has 0 saturated heterocycles. The standard InChI is InChI=1S/C10H18N2O8P2/c1-6-10(13)9(4-12-7(2)21(14,15)16)8(3-11-6)5-20-22(17,18)19/h3,7,12-13H,4-5H2,1-2H3,(H2,14,15,16)(H2,17,18,19). The minimum atomic E-state index is -4.70. The van der Waals surface area contributed by atoms with E-state index in [1.807, 2.05) is 0 Å². The highest BCUT2D eigenvalue weighted by molar-refractivity contribution is 7.52. The normalized spacial score (nSPS) is 14.1. The molecule has 1 aromatic rings. The highest BCUT2D eigenvalue weighted by Gasteiger charge is 2.24. The van der Waals surface area contributed by atoms with Gasteiger partial charge in [-0.05, 0) is 13.8 Å². The number of aryl methyl sites for hydroxylation is 1. The minimum absolute atomic E-state index is 0.138. The summed E-state index contributed by atoms with van der Waals surface area (Å²) in [4.78, 5) is 39.3. The lowest BCUT2D eigenvalue weighted by Crippen LogP contribution is -2.26. The number of nitrogens with one attached hydrogen (secondary N) is 1. The summed E-state index contributed by atoms with van der Waals surface area (Å²) < 4.78 is 26.2. The van der Waals surface area contributed by atoms with Gasteiger partial charge in [0.05, 0.1) is 12.3 Å². The maximum atomic E-state index is 11.1. The van der Waals surface area contributed by atoms with Crippen molar-refractivity contribution in [3.05, 3.63) is 23.0 Å². The molecule has 1 rings (SSSR count). The van der Waals surface area contributed by atoms with E-state index < -0.39 is 27.8 Å². The Hall–Kier alpha value is -0.830. The van der Waals surface area contributed by atoms with Crippen molar-refractivity contribution in [1.82, 2.24) is 10.3 Å². The zero-order chi connectivity index (χ0) is 17.1. The zero-order valence-electron chi connectivity index (χ0n) is 11.9. The third kappa shape index (κ3) is 5.75. The Morgan fingerprint density at radius 1 is 1.32 bits per heavy atom. The van der Waals surface area contributed by atoms with Crippen LogP contribution in [-0.2, 0) is 26.8 Å². The Bertz CT molecular complexity index is 626. The number of nitrogens with zero attached hydrogens (tertiary/aromatic N) is 1. The fourth-order valence-electron chi connectivity index (χ4n) is 1.53. The van der Waals surface area contributed by atoms with Crippen LogP contribution in [0, 0.1) is 6.92 Å². The van der Waals surface area contributed by atoms with Crippen LogP contribution in [0.25, 0.3) is 0 Å². The molecule has 0 fully saturated rings. The van der Waals surface area contributed by atoms with Crippen LogP contribution < -0.4 is 5.32 Å². The SMILES string of the molecule is Cc1ncc(COP(=O)(O)O)c(CNC(C)P(=O)(O)O)c1O. The maximum absolute atomic E-state index is 11.1. The van der Waals surface area contributed by atoms with E-state index in [9.17, 15) is 14.2 Å². The minimum Gasteiger partial charge on any atom is -0.506 e. The molecule has 0 radical (unpaired) electrons. The Kier molecular flexibility index (Phi) is 6.26. The summed E-state index contributed by atoms with van der Waals surface area (Å²) in [5.74, 6) is -1.40. The molecule has 1 heterocycles. The molecule has 1 unspecified atom stereocenters. The third-order valence-corrected chi connectivity index (χ3v) is 4.55. The Morgan fingerprint density at radius 2 is 1.91 bits per heavy atom. The quantitative estimate of drug-likeness (QED) is 0.374. The second-order valence-electron chi connectivity index (χ2n) is 4.61. The van der Waals surface area contributed by atoms with Gasteiger partial charge < -0.3 is 24.7 Å². The van der Waals surface area contributed by atoms with Gasteiger partial charge in [-0.3, -0.25) is 19.4 Å². The van der Waals surface area contributed by atoms with Crippen molar-refractivity contribution in [3.8, 4) is 5.75 Å². The summed E-state index contributed by atoms with van der Waals surface area (Å²) in [5, 5.41) is 12.5. The van der Waals surface area contributed by atoms with Gasteiger partial charge in [-0.15, -0.1) is 0 Å². The predicted octanol–water partition coefficient (Wildman–Crippen LogP) is 0.318. The van der Waals surface area contributed by atoms with Crippen molar-refractivity contribution in [2.75, 3.05) is 0 Å². The van der Waals surface area contributed by atoms with E-state index in [4.69, 9.17) is 19.6 Å². The van der Waals surface area contributed by atoms with E-state index in [0.717, 1.165) is 0 Å². The summed E-state index contributed by atoms with van der Waals surface area (Å²) in [6, 6.07) is 0. The maximum Gasteiger partial charge on any atom is 0.469 e. The molecule has 22 heavy (non-hydrogen) atoms. The number of aromatic hydroxyl groups is 1. The van der Waals surface area contributed by atoms with Gasteiger partial charge in [-0.2, -0.15) is 0 Å². The van der Waals surface area contributed by atoms with Gasteiger partial charge in [0.15, 0.2) is 0 Å². The predicted molar refractivity (Wildman–Crippen MR) is 75.8 cm³/mol. The van der Waals surface area contributed by atoms with E-state index in [2.05, 4.69) is 14.8 Å². The van der Waals surface area contributed by atoms with Gasteiger partial charge in [0.1, 0.15) is 11.5 Å². The molecule has 0 aliphatic carbocycles. The number of hydrogen-bond acceptors (Lipinski definition) is 6. The number of aromatic nitrogens is 1. The van der Waals surface area contributed by atoms with Gasteiger partial charge in [0.2, 0.25) is 0 Å². The first-order chi connectivity index (χ1) is 9.92. The van der Waals surface area contributed by atoms with Gasteiger partial charge >= 0.3 is 15.4 Å². The average molecular weight is 356 g/mol. The first kappa shape index (κ1) is 19.2. The molecular formula is C10H18N2O8P2. The van der Waals surface area contributed by atoms with Crippen LogP contribution in [0.1, 0.15) is 23.7 Å². The van der Waals surface area contributed by atoms with Crippen LogP contribution in [0.3, 0.4) is 0 Å². The second kappa shape index (κ2) is 7.16. The molecule has 12 heteroatoms. The zero-order valence-corrected chi connectivity index (χ0v) is 13.7. The molecule has 0 amide bonds. The van der Waals surface area contributed by atoms with Crippen LogP contribution in [-0.4, -0.2) is 35.4 Å². The Labute approximate surface area is 126 Å². The van der Waals surface area contributed by atoms with Gasteiger partial charge in [0, 0.05) is 23.9 Å². The Balaban J connectivity index is 2.98. The summed E-state index contributed by atoms with van der Waals surface area (Å²) in [6.07, 6.45) is 1.27. The van der Waals surface area contributed by atoms with Crippen molar-refractivity contribution in [2.24, 2.45) is 0 Å². The number of phosphoric acid groups is 1. The van der Waals surface area contributed by atoms with Crippen LogP contribution in [0.4, 0.5) is 0 Å². The molecule has 0 bridgehead atoms. The van der Waals surface area contributed by atoms with Crippen molar-refractivity contribution in [2.45, 2.75) is 32.8 Å². The van der Waals surface area contributed by atoms with Crippen LogP contribution >= 0.6 is 15.4 Å². The second-order valence-corrected chi connectivity index (χ2v) is 7.80. The summed E-state index contributed by atoms with van der Waals surface area (Å²) in [7, 11) is -9.04. The number of phosphoric ester groups is 1. The van der Waals surface area contributed by atoms with E-state index in [0.29, 0.717) is 0 Å². The molecule has 0 saturated carbocycles. The Morgan fingerprint density at radius 3 is 2.41 bits per heavy atom. The van der Waals surface area contributed by atoms with Crippen LogP contribution in [0.2, 0.25) is 0 Å². The lowest BCUT2D eigenvalue weighted by atomic mass is 10.1. The largest absolute Gasteiger partial charge is 0.506 e. The van der Waals surface area contributed by atoms with E-state index >= 15 is 0 Å². The molecule has 1 atom stereocenters. The highest BCUT2D eigenvalue weighted by atomic mass is 31.2. The number of hydrogen-bond donors (Lipinski definition) is 6. The van der Waals surface area contributed by atoms with Gasteiger partial charge in [-0.1, -0.05) is 0 Å². The molecule has 0 spiro atoms. The van der Waals surface area contributed by atoms with Crippen molar-refractivity contribution < 1.29 is 38.3 Å². The molecule has 1 aromatic heterocycles. The topological polar surface area (TPSA) is 169 Å². The van der Waals surface area contributed by atoms with Crippen molar-refractivity contribution in [1.29, 1.82) is 0 Å². The number of pyridine rings is 1. The molecule has 0 aromatic carbocycles. The molecule has 0 aliphatic heterocycles.